The van der Waals surface area contributed by atoms with Gasteiger partial charge in [0.1, 0.15) is 11.6 Å². The fraction of sp³-hybridized carbons (Fsp3) is 0.727. The molecule has 0 aliphatic carbocycles. The SMILES string of the molecule is CNC(=O)[C@H](F)C[C@H](NC(=O)OC(C)(C)C)C(=O)O. The van der Waals surface area contributed by atoms with Crippen LogP contribution in [0.4, 0.5) is 9.18 Å². The van der Waals surface area contributed by atoms with Crippen LogP contribution >= 0.6 is 0 Å². The van der Waals surface area contributed by atoms with Crippen LogP contribution < -0.4 is 10.6 Å². The van der Waals surface area contributed by atoms with Gasteiger partial charge in [-0.25, -0.2) is 14.0 Å². The lowest BCUT2D eigenvalue weighted by molar-refractivity contribution is -0.140. The summed E-state index contributed by atoms with van der Waals surface area (Å²) in [5.74, 6) is -2.39. The number of aliphatic carboxylic acids is 1. The maximum Gasteiger partial charge on any atom is 0.408 e. The standard InChI is InChI=1S/C11H19FN2O5/c1-11(2,3)19-10(18)14-7(9(16)17)5-6(12)8(15)13-4/h6-7H,5H2,1-4H3,(H,13,15)(H,14,18)(H,16,17)/t6-,7+/m1/s1. The summed E-state index contributed by atoms with van der Waals surface area (Å²) in [4.78, 5) is 33.2. The van der Waals surface area contributed by atoms with Gasteiger partial charge >= 0.3 is 12.1 Å². The number of carboxylic acid groups (broad SMARTS) is 1. The number of ether oxygens (including phenoxy) is 1. The minimum Gasteiger partial charge on any atom is -0.480 e. The second kappa shape index (κ2) is 6.91. The van der Waals surface area contributed by atoms with Crippen molar-refractivity contribution >= 4 is 18.0 Å². The number of carboxylic acids is 1. The molecule has 3 N–H and O–H groups in total. The summed E-state index contributed by atoms with van der Waals surface area (Å²) in [6, 6.07) is -1.54. The van der Waals surface area contributed by atoms with Crippen LogP contribution in [0, 0.1) is 0 Å². The Kier molecular flexibility index (Phi) is 6.23. The van der Waals surface area contributed by atoms with Gasteiger partial charge in [-0.2, -0.15) is 0 Å². The highest BCUT2D eigenvalue weighted by molar-refractivity contribution is 5.83. The van der Waals surface area contributed by atoms with Crippen LogP contribution in [0.25, 0.3) is 0 Å². The number of rotatable bonds is 5. The molecule has 19 heavy (non-hydrogen) atoms. The molecule has 2 atom stereocenters. The first-order valence-corrected chi connectivity index (χ1v) is 5.64. The van der Waals surface area contributed by atoms with Gasteiger partial charge in [-0.1, -0.05) is 0 Å². The summed E-state index contributed by atoms with van der Waals surface area (Å²) in [6.07, 6.45) is -3.68. The lowest BCUT2D eigenvalue weighted by Crippen LogP contribution is -2.46. The molecule has 0 fully saturated rings. The highest BCUT2D eigenvalue weighted by Crippen LogP contribution is 2.09. The predicted octanol–water partition coefficient (Wildman–Crippen LogP) is 0.438. The van der Waals surface area contributed by atoms with Crippen molar-refractivity contribution in [3.8, 4) is 0 Å². The minimum atomic E-state index is -2.03. The molecule has 7 nitrogen and oxygen atoms in total. The van der Waals surface area contributed by atoms with Crippen LogP contribution in [0.2, 0.25) is 0 Å². The number of amides is 2. The first kappa shape index (κ1) is 17.1. The van der Waals surface area contributed by atoms with Crippen molar-refractivity contribution in [1.82, 2.24) is 10.6 Å². The van der Waals surface area contributed by atoms with Gasteiger partial charge in [-0.15, -0.1) is 0 Å². The smallest absolute Gasteiger partial charge is 0.408 e. The van der Waals surface area contributed by atoms with Gasteiger partial charge in [0.05, 0.1) is 0 Å². The second-order valence-corrected chi connectivity index (χ2v) is 4.85. The number of hydrogen-bond donors (Lipinski definition) is 3. The molecule has 0 spiro atoms. The van der Waals surface area contributed by atoms with Gasteiger partial charge in [0, 0.05) is 13.5 Å². The Bertz CT molecular complexity index is 353. The van der Waals surface area contributed by atoms with Gasteiger partial charge in [-0.3, -0.25) is 4.79 Å². The molecule has 0 aromatic carbocycles. The third kappa shape index (κ3) is 7.22. The molecular formula is C11H19FN2O5. The zero-order chi connectivity index (χ0) is 15.2. The van der Waals surface area contributed by atoms with Crippen LogP contribution in [0.3, 0.4) is 0 Å². The van der Waals surface area contributed by atoms with E-state index in [4.69, 9.17) is 9.84 Å². The molecule has 0 aromatic rings. The van der Waals surface area contributed by atoms with Crippen LogP contribution in [0.15, 0.2) is 0 Å². The molecule has 0 aromatic heterocycles. The molecule has 0 rings (SSSR count). The highest BCUT2D eigenvalue weighted by Gasteiger charge is 2.29. The first-order valence-electron chi connectivity index (χ1n) is 5.64. The van der Waals surface area contributed by atoms with E-state index in [0.717, 1.165) is 0 Å². The lowest BCUT2D eigenvalue weighted by atomic mass is 10.1. The van der Waals surface area contributed by atoms with E-state index >= 15 is 0 Å². The van der Waals surface area contributed by atoms with Crippen LogP contribution in [-0.4, -0.2) is 47.9 Å². The van der Waals surface area contributed by atoms with Gasteiger partial charge in [0.2, 0.25) is 0 Å². The van der Waals surface area contributed by atoms with Gasteiger partial charge < -0.3 is 20.5 Å². The number of hydrogen-bond acceptors (Lipinski definition) is 4. The van der Waals surface area contributed by atoms with Crippen molar-refractivity contribution in [3.63, 3.8) is 0 Å². The Balaban J connectivity index is 4.55. The second-order valence-electron chi connectivity index (χ2n) is 4.85. The van der Waals surface area contributed by atoms with Crippen LogP contribution in [0.1, 0.15) is 27.2 Å². The van der Waals surface area contributed by atoms with E-state index < -0.39 is 42.2 Å². The summed E-state index contributed by atoms with van der Waals surface area (Å²) in [6.45, 7) is 4.81. The third-order valence-electron chi connectivity index (χ3n) is 1.96. The quantitative estimate of drug-likeness (QED) is 0.676. The monoisotopic (exact) mass is 278 g/mol. The van der Waals surface area contributed by atoms with Gasteiger partial charge in [0.15, 0.2) is 6.17 Å². The number of nitrogens with one attached hydrogen (secondary N) is 2. The van der Waals surface area contributed by atoms with E-state index in [9.17, 15) is 18.8 Å². The summed E-state index contributed by atoms with van der Waals surface area (Å²) >= 11 is 0. The number of halogens is 1. The van der Waals surface area contributed by atoms with Crippen molar-refractivity contribution in [2.75, 3.05) is 7.05 Å². The van der Waals surface area contributed by atoms with E-state index in [0.29, 0.717) is 0 Å². The molecule has 0 saturated carbocycles. The maximum atomic E-state index is 13.3. The highest BCUT2D eigenvalue weighted by atomic mass is 19.1. The fourth-order valence-electron chi connectivity index (χ4n) is 1.14. The third-order valence-corrected chi connectivity index (χ3v) is 1.96. The number of alkyl carbamates (subject to hydrolysis) is 1. The van der Waals surface area contributed by atoms with Gasteiger partial charge in [-0.05, 0) is 20.8 Å². The van der Waals surface area contributed by atoms with Crippen molar-refractivity contribution in [3.05, 3.63) is 0 Å². The Labute approximate surface area is 110 Å². The van der Waals surface area contributed by atoms with Crippen molar-refractivity contribution in [2.45, 2.75) is 45.0 Å². The molecule has 2 amide bonds. The Morgan fingerprint density at radius 1 is 1.32 bits per heavy atom. The molecule has 0 aliphatic heterocycles. The number of alkyl halides is 1. The molecule has 8 heteroatoms. The zero-order valence-electron chi connectivity index (χ0n) is 11.3. The summed E-state index contributed by atoms with van der Waals surface area (Å²) in [7, 11) is 1.23. The lowest BCUT2D eigenvalue weighted by Gasteiger charge is -2.22. The summed E-state index contributed by atoms with van der Waals surface area (Å²) < 4.78 is 18.2. The average Bonchev–Trinajstić information content (AvgIpc) is 2.24. The molecule has 110 valence electrons. The van der Waals surface area contributed by atoms with Crippen molar-refractivity contribution in [2.24, 2.45) is 0 Å². The largest absolute Gasteiger partial charge is 0.480 e. The zero-order valence-corrected chi connectivity index (χ0v) is 11.3. The molecule has 0 radical (unpaired) electrons. The Hall–Kier alpha value is -1.86. The molecule has 0 heterocycles. The summed E-state index contributed by atoms with van der Waals surface area (Å²) in [5, 5.41) is 12.9. The minimum absolute atomic E-state index is 0.672. The fourth-order valence-corrected chi connectivity index (χ4v) is 1.14. The van der Waals surface area contributed by atoms with E-state index in [1.165, 1.54) is 7.05 Å². The Morgan fingerprint density at radius 3 is 2.21 bits per heavy atom. The molecule has 0 bridgehead atoms. The molecule has 0 saturated heterocycles. The molecule has 0 unspecified atom stereocenters. The number of carbonyl (C=O) groups is 3. The normalized spacial score (nSPS) is 14.2. The Morgan fingerprint density at radius 2 is 1.84 bits per heavy atom. The van der Waals surface area contributed by atoms with E-state index in [-0.39, 0.29) is 0 Å². The van der Waals surface area contributed by atoms with Crippen LogP contribution in [0.5, 0.6) is 0 Å². The average molecular weight is 278 g/mol. The number of carbonyl (C=O) groups excluding carboxylic acids is 2. The van der Waals surface area contributed by atoms with Crippen molar-refractivity contribution < 1.29 is 28.6 Å². The topological polar surface area (TPSA) is 105 Å². The first-order chi connectivity index (χ1) is 8.56. The van der Waals surface area contributed by atoms with Crippen LogP contribution in [-0.2, 0) is 14.3 Å². The predicted molar refractivity (Wildman–Crippen MR) is 64.4 cm³/mol. The van der Waals surface area contributed by atoms with E-state index in [1.807, 2.05) is 10.6 Å². The van der Waals surface area contributed by atoms with E-state index in [2.05, 4.69) is 0 Å². The maximum absolute atomic E-state index is 13.3. The van der Waals surface area contributed by atoms with Crippen molar-refractivity contribution in [1.29, 1.82) is 0 Å². The summed E-state index contributed by atoms with van der Waals surface area (Å²) in [5.41, 5.74) is -0.803. The van der Waals surface area contributed by atoms with Gasteiger partial charge in [0.25, 0.3) is 5.91 Å². The van der Waals surface area contributed by atoms with E-state index in [1.54, 1.807) is 20.8 Å². The molecule has 0 aliphatic rings. The molecular weight excluding hydrogens is 259 g/mol.